The van der Waals surface area contributed by atoms with Crippen molar-refractivity contribution in [3.8, 4) is 5.75 Å². The van der Waals surface area contributed by atoms with Crippen molar-refractivity contribution in [3.05, 3.63) is 59.4 Å². The fourth-order valence-electron chi connectivity index (χ4n) is 2.10. The van der Waals surface area contributed by atoms with Crippen molar-refractivity contribution in [2.75, 3.05) is 20.7 Å². The Hall–Kier alpha value is -2.36. The number of ether oxygens (including phenoxy) is 1. The minimum atomic E-state index is -0.00997. The first-order valence-corrected chi connectivity index (χ1v) is 6.92. The van der Waals surface area contributed by atoms with Gasteiger partial charge in [-0.3, -0.25) is 9.78 Å². The van der Waals surface area contributed by atoms with Crippen LogP contribution in [0.4, 0.5) is 0 Å². The van der Waals surface area contributed by atoms with Gasteiger partial charge in [0.05, 0.1) is 7.11 Å². The maximum atomic E-state index is 12.4. The van der Waals surface area contributed by atoms with Crippen LogP contribution in [0.3, 0.4) is 0 Å². The number of carbonyl (C=O) groups excluding carboxylic acids is 1. The second-order valence-electron chi connectivity index (χ2n) is 4.98. The molecule has 0 fully saturated rings. The molecular weight excluding hydrogens is 264 g/mol. The Labute approximate surface area is 125 Å². The van der Waals surface area contributed by atoms with E-state index in [0.717, 1.165) is 23.4 Å². The number of nitrogens with zero attached hydrogens (tertiary/aromatic N) is 2. The smallest absolute Gasteiger partial charge is 0.253 e. The van der Waals surface area contributed by atoms with Gasteiger partial charge in [-0.15, -0.1) is 0 Å². The van der Waals surface area contributed by atoms with Crippen molar-refractivity contribution >= 4 is 5.91 Å². The summed E-state index contributed by atoms with van der Waals surface area (Å²) < 4.78 is 5.26. The van der Waals surface area contributed by atoms with E-state index >= 15 is 0 Å². The molecule has 1 amide bonds. The van der Waals surface area contributed by atoms with Crippen molar-refractivity contribution in [2.45, 2.75) is 13.3 Å². The Morgan fingerprint density at radius 1 is 1.29 bits per heavy atom. The molecule has 1 aromatic carbocycles. The number of methoxy groups -OCH3 is 1. The molecule has 1 aromatic heterocycles. The molecule has 0 saturated heterocycles. The number of rotatable bonds is 5. The second kappa shape index (κ2) is 6.88. The van der Waals surface area contributed by atoms with Crippen LogP contribution in [0.25, 0.3) is 0 Å². The van der Waals surface area contributed by atoms with Crippen LogP contribution < -0.4 is 4.74 Å². The van der Waals surface area contributed by atoms with Gasteiger partial charge in [-0.25, -0.2) is 0 Å². The molecular formula is C17H20N2O2. The fourth-order valence-corrected chi connectivity index (χ4v) is 2.10. The molecule has 0 radical (unpaired) electrons. The topological polar surface area (TPSA) is 42.4 Å². The zero-order valence-corrected chi connectivity index (χ0v) is 12.7. The van der Waals surface area contributed by atoms with Crippen LogP contribution in [0.2, 0.25) is 0 Å². The summed E-state index contributed by atoms with van der Waals surface area (Å²) in [5, 5.41) is 0. The average Bonchev–Trinajstić information content (AvgIpc) is 2.53. The van der Waals surface area contributed by atoms with Gasteiger partial charge in [0.1, 0.15) is 5.75 Å². The summed E-state index contributed by atoms with van der Waals surface area (Å²) in [5.41, 5.74) is 2.64. The molecule has 21 heavy (non-hydrogen) atoms. The number of benzene rings is 1. The third kappa shape index (κ3) is 3.81. The van der Waals surface area contributed by atoms with Crippen molar-refractivity contribution in [1.29, 1.82) is 0 Å². The normalized spacial score (nSPS) is 10.2. The molecule has 2 rings (SSSR count). The molecule has 0 aliphatic carbocycles. The number of aromatic nitrogens is 1. The Morgan fingerprint density at radius 2 is 2.10 bits per heavy atom. The summed E-state index contributed by atoms with van der Waals surface area (Å²) in [6, 6.07) is 11.3. The first-order valence-electron chi connectivity index (χ1n) is 6.92. The van der Waals surface area contributed by atoms with E-state index in [1.807, 2.05) is 37.3 Å². The van der Waals surface area contributed by atoms with Gasteiger partial charge in [0.15, 0.2) is 0 Å². The third-order valence-corrected chi connectivity index (χ3v) is 3.43. The Morgan fingerprint density at radius 3 is 2.76 bits per heavy atom. The number of carbonyl (C=O) groups is 1. The molecule has 0 atom stereocenters. The van der Waals surface area contributed by atoms with Crippen molar-refractivity contribution in [3.63, 3.8) is 0 Å². The quantitative estimate of drug-likeness (QED) is 0.848. The van der Waals surface area contributed by atoms with Crippen LogP contribution >= 0.6 is 0 Å². The zero-order valence-electron chi connectivity index (χ0n) is 12.7. The second-order valence-corrected chi connectivity index (χ2v) is 4.98. The Bertz CT molecular complexity index is 611. The molecule has 110 valence electrons. The summed E-state index contributed by atoms with van der Waals surface area (Å²) in [7, 11) is 3.42. The van der Waals surface area contributed by atoms with Gasteiger partial charge < -0.3 is 9.64 Å². The standard InChI is InChI=1S/C17H20N2O2/c1-13-7-8-14(12-16(13)21-3)17(20)19(2)11-9-15-6-4-5-10-18-15/h4-8,10,12H,9,11H2,1-3H3. The lowest BCUT2D eigenvalue weighted by atomic mass is 10.1. The summed E-state index contributed by atoms with van der Waals surface area (Å²) in [4.78, 5) is 18.4. The van der Waals surface area contributed by atoms with Crippen molar-refractivity contribution < 1.29 is 9.53 Å². The number of hydrogen-bond donors (Lipinski definition) is 0. The number of likely N-dealkylation sites (N-methyl/N-ethyl adjacent to an activating group) is 1. The monoisotopic (exact) mass is 284 g/mol. The molecule has 0 aliphatic rings. The van der Waals surface area contributed by atoms with Gasteiger partial charge in [0.25, 0.3) is 5.91 Å². The minimum Gasteiger partial charge on any atom is -0.496 e. The summed E-state index contributed by atoms with van der Waals surface area (Å²) in [5.74, 6) is 0.725. The Kier molecular flexibility index (Phi) is 4.93. The average molecular weight is 284 g/mol. The van der Waals surface area contributed by atoms with Crippen LogP contribution in [0.5, 0.6) is 5.75 Å². The fraction of sp³-hybridized carbons (Fsp3) is 0.294. The third-order valence-electron chi connectivity index (χ3n) is 3.43. The van der Waals surface area contributed by atoms with E-state index in [0.29, 0.717) is 12.1 Å². The van der Waals surface area contributed by atoms with E-state index in [9.17, 15) is 4.79 Å². The molecule has 0 aliphatic heterocycles. The molecule has 1 heterocycles. The van der Waals surface area contributed by atoms with Crippen molar-refractivity contribution in [1.82, 2.24) is 9.88 Å². The van der Waals surface area contributed by atoms with Gasteiger partial charge in [0.2, 0.25) is 0 Å². The van der Waals surface area contributed by atoms with E-state index < -0.39 is 0 Å². The molecule has 4 heteroatoms. The summed E-state index contributed by atoms with van der Waals surface area (Å²) >= 11 is 0. The SMILES string of the molecule is COc1cc(C(=O)N(C)CCc2ccccn2)ccc1C. The number of pyridine rings is 1. The van der Waals surface area contributed by atoms with Gasteiger partial charge in [0, 0.05) is 37.5 Å². The van der Waals surface area contributed by atoms with E-state index in [-0.39, 0.29) is 5.91 Å². The van der Waals surface area contributed by atoms with Crippen LogP contribution in [0, 0.1) is 6.92 Å². The molecule has 0 N–H and O–H groups in total. The number of aryl methyl sites for hydroxylation is 1. The van der Waals surface area contributed by atoms with Gasteiger partial charge in [-0.1, -0.05) is 12.1 Å². The molecule has 0 unspecified atom stereocenters. The highest BCUT2D eigenvalue weighted by atomic mass is 16.5. The van der Waals surface area contributed by atoms with Crippen LogP contribution in [-0.4, -0.2) is 36.5 Å². The lowest BCUT2D eigenvalue weighted by Crippen LogP contribution is -2.29. The molecule has 2 aromatic rings. The number of hydrogen-bond acceptors (Lipinski definition) is 3. The predicted molar refractivity (Wildman–Crippen MR) is 82.6 cm³/mol. The van der Waals surface area contributed by atoms with E-state index in [2.05, 4.69) is 4.98 Å². The zero-order chi connectivity index (χ0) is 15.2. The lowest BCUT2D eigenvalue weighted by Gasteiger charge is -2.17. The summed E-state index contributed by atoms with van der Waals surface area (Å²) in [6.07, 6.45) is 2.51. The molecule has 4 nitrogen and oxygen atoms in total. The number of amides is 1. The van der Waals surface area contributed by atoms with Gasteiger partial charge in [-0.2, -0.15) is 0 Å². The first kappa shape index (κ1) is 15.0. The van der Waals surface area contributed by atoms with Crippen LogP contribution in [-0.2, 0) is 6.42 Å². The van der Waals surface area contributed by atoms with Crippen LogP contribution in [0.15, 0.2) is 42.6 Å². The lowest BCUT2D eigenvalue weighted by molar-refractivity contribution is 0.0796. The first-order chi connectivity index (χ1) is 10.1. The highest BCUT2D eigenvalue weighted by Gasteiger charge is 2.13. The Balaban J connectivity index is 2.02. The van der Waals surface area contributed by atoms with E-state index in [1.165, 1.54) is 0 Å². The largest absolute Gasteiger partial charge is 0.496 e. The highest BCUT2D eigenvalue weighted by molar-refractivity contribution is 5.94. The van der Waals surface area contributed by atoms with Gasteiger partial charge in [-0.05, 0) is 36.8 Å². The van der Waals surface area contributed by atoms with Crippen LogP contribution in [0.1, 0.15) is 21.6 Å². The maximum absolute atomic E-state index is 12.4. The summed E-state index contributed by atoms with van der Waals surface area (Å²) in [6.45, 7) is 2.59. The molecule has 0 spiro atoms. The molecule has 0 bridgehead atoms. The van der Waals surface area contributed by atoms with Gasteiger partial charge >= 0.3 is 0 Å². The minimum absolute atomic E-state index is 0.00997. The van der Waals surface area contributed by atoms with E-state index in [4.69, 9.17) is 4.74 Å². The molecule has 0 saturated carbocycles. The highest BCUT2D eigenvalue weighted by Crippen LogP contribution is 2.19. The van der Waals surface area contributed by atoms with Crippen molar-refractivity contribution in [2.24, 2.45) is 0 Å². The maximum Gasteiger partial charge on any atom is 0.253 e. The predicted octanol–water partition coefficient (Wildman–Crippen LogP) is 2.71. The van der Waals surface area contributed by atoms with E-state index in [1.54, 1.807) is 31.3 Å².